The molecule has 2 aromatic rings. The first-order valence-corrected chi connectivity index (χ1v) is 13.3. The minimum absolute atomic E-state index is 0.121. The maximum atomic E-state index is 14.0. The first-order chi connectivity index (χ1) is 16.9. The van der Waals surface area contributed by atoms with E-state index in [4.69, 9.17) is 4.74 Å². The zero-order valence-electron chi connectivity index (χ0n) is 22.9. The Balaban J connectivity index is 1.83. The van der Waals surface area contributed by atoms with Crippen LogP contribution in [-0.2, 0) is 14.3 Å². The van der Waals surface area contributed by atoms with Crippen molar-refractivity contribution in [2.24, 2.45) is 10.8 Å². The summed E-state index contributed by atoms with van der Waals surface area (Å²) in [4.78, 5) is 30.2. The highest BCUT2D eigenvalue weighted by molar-refractivity contribution is 6.08. The fourth-order valence-corrected chi connectivity index (χ4v) is 6.70. The number of methoxy groups -OCH3 is 1. The first-order valence-electron chi connectivity index (χ1n) is 13.3. The number of ketones is 2. The van der Waals surface area contributed by atoms with Crippen molar-refractivity contribution in [1.29, 1.82) is 0 Å². The summed E-state index contributed by atoms with van der Waals surface area (Å²) in [7, 11) is 1.71. The van der Waals surface area contributed by atoms with E-state index >= 15 is 0 Å². The summed E-state index contributed by atoms with van der Waals surface area (Å²) < 4.78 is 7.79. The van der Waals surface area contributed by atoms with E-state index in [1.165, 1.54) is 0 Å². The third-order valence-electron chi connectivity index (χ3n) is 8.18. The van der Waals surface area contributed by atoms with Gasteiger partial charge in [-0.25, -0.2) is 0 Å². The number of fused-ring (bicyclic) bond motifs is 1. The lowest BCUT2D eigenvalue weighted by molar-refractivity contribution is -0.119. The Morgan fingerprint density at radius 3 is 2.00 bits per heavy atom. The van der Waals surface area contributed by atoms with E-state index in [2.05, 4.69) is 81.5 Å². The van der Waals surface area contributed by atoms with Crippen molar-refractivity contribution in [3.05, 3.63) is 58.6 Å². The highest BCUT2D eigenvalue weighted by Gasteiger charge is 2.49. The number of Topliss-reactive ketones (excluding diaryl/α,β-unsaturated/α-hetero) is 2. The summed E-state index contributed by atoms with van der Waals surface area (Å²) in [5.41, 5.74) is 5.88. The van der Waals surface area contributed by atoms with Gasteiger partial charge in [-0.2, -0.15) is 0 Å². The topological polar surface area (TPSA) is 51.5 Å². The van der Waals surface area contributed by atoms with Crippen molar-refractivity contribution >= 4 is 22.5 Å². The number of para-hydroxylation sites is 1. The standard InChI is InChI=1S/C31H40N2O3/c1-19(2)33-18-21(20-10-8-9-11-22(20)33)27-28-23(14-30(3,4)16-25(28)34)32(12-13-36-7)24-15-31(5,6)17-26(35)29(24)27/h8-11,18-19,27H,12-17H2,1-7H3. The minimum Gasteiger partial charge on any atom is -0.383 e. The molecule has 0 bridgehead atoms. The molecule has 0 N–H and O–H groups in total. The Morgan fingerprint density at radius 2 is 1.47 bits per heavy atom. The van der Waals surface area contributed by atoms with E-state index in [1.807, 2.05) is 0 Å². The van der Waals surface area contributed by atoms with Crippen molar-refractivity contribution in [3.63, 3.8) is 0 Å². The first kappa shape index (κ1) is 25.0. The number of ether oxygens (including phenoxy) is 1. The number of benzene rings is 1. The smallest absolute Gasteiger partial charge is 0.162 e. The van der Waals surface area contributed by atoms with Gasteiger partial charge in [0.2, 0.25) is 0 Å². The number of nitrogens with zero attached hydrogens (tertiary/aromatic N) is 2. The molecule has 2 heterocycles. The summed E-state index contributed by atoms with van der Waals surface area (Å²) in [5.74, 6) is 0.0457. The Labute approximate surface area is 215 Å². The number of allylic oxidation sites excluding steroid dienone is 4. The van der Waals surface area contributed by atoms with Gasteiger partial charge in [0.1, 0.15) is 0 Å². The highest BCUT2D eigenvalue weighted by Crippen LogP contribution is 2.55. The normalized spacial score (nSPS) is 22.1. The van der Waals surface area contributed by atoms with Gasteiger partial charge >= 0.3 is 0 Å². The van der Waals surface area contributed by atoms with Crippen LogP contribution < -0.4 is 0 Å². The van der Waals surface area contributed by atoms with Crippen molar-refractivity contribution in [2.75, 3.05) is 20.3 Å². The van der Waals surface area contributed by atoms with Crippen molar-refractivity contribution in [2.45, 2.75) is 79.2 Å². The number of carbonyl (C=O) groups excluding carboxylic acids is 2. The van der Waals surface area contributed by atoms with E-state index in [0.29, 0.717) is 26.0 Å². The van der Waals surface area contributed by atoms with E-state index in [9.17, 15) is 9.59 Å². The van der Waals surface area contributed by atoms with Crippen LogP contribution in [0, 0.1) is 10.8 Å². The molecular formula is C31H40N2O3. The van der Waals surface area contributed by atoms with Gasteiger partial charge < -0.3 is 14.2 Å². The molecule has 1 aliphatic heterocycles. The number of hydrogen-bond donors (Lipinski definition) is 0. The summed E-state index contributed by atoms with van der Waals surface area (Å²) in [6.07, 6.45) is 4.86. The molecule has 5 rings (SSSR count). The molecule has 36 heavy (non-hydrogen) atoms. The summed E-state index contributed by atoms with van der Waals surface area (Å²) >= 11 is 0. The van der Waals surface area contributed by atoms with Crippen LogP contribution >= 0.6 is 0 Å². The maximum Gasteiger partial charge on any atom is 0.162 e. The minimum atomic E-state index is -0.314. The van der Waals surface area contributed by atoms with Crippen LogP contribution in [0.15, 0.2) is 53.0 Å². The van der Waals surface area contributed by atoms with Crippen molar-refractivity contribution in [3.8, 4) is 0 Å². The van der Waals surface area contributed by atoms with Crippen LogP contribution in [0.3, 0.4) is 0 Å². The second kappa shape index (κ2) is 8.72. The van der Waals surface area contributed by atoms with Crippen LogP contribution in [0.4, 0.5) is 0 Å². The van der Waals surface area contributed by atoms with Crippen LogP contribution in [0.2, 0.25) is 0 Å². The molecule has 0 spiro atoms. The second-order valence-electron chi connectivity index (χ2n) is 12.8. The van der Waals surface area contributed by atoms with Crippen LogP contribution in [0.1, 0.15) is 84.7 Å². The van der Waals surface area contributed by atoms with Gasteiger partial charge in [0.25, 0.3) is 0 Å². The number of hydrogen-bond acceptors (Lipinski definition) is 4. The molecule has 1 aromatic carbocycles. The Hall–Kier alpha value is -2.66. The molecule has 5 nitrogen and oxygen atoms in total. The lowest BCUT2D eigenvalue weighted by Gasteiger charge is -2.49. The zero-order chi connectivity index (χ0) is 26.0. The van der Waals surface area contributed by atoms with Gasteiger partial charge in [-0.05, 0) is 49.1 Å². The van der Waals surface area contributed by atoms with Gasteiger partial charge in [0.15, 0.2) is 11.6 Å². The molecule has 192 valence electrons. The zero-order valence-corrected chi connectivity index (χ0v) is 22.9. The van der Waals surface area contributed by atoms with Gasteiger partial charge in [0.05, 0.1) is 6.61 Å². The predicted molar refractivity (Wildman–Crippen MR) is 144 cm³/mol. The summed E-state index contributed by atoms with van der Waals surface area (Å²) in [6.45, 7) is 14.3. The lowest BCUT2D eigenvalue weighted by Crippen LogP contribution is -2.45. The molecule has 0 radical (unpaired) electrons. The number of carbonyl (C=O) groups is 2. The third kappa shape index (κ3) is 4.06. The highest BCUT2D eigenvalue weighted by atomic mass is 16.5. The predicted octanol–water partition coefficient (Wildman–Crippen LogP) is 6.55. The largest absolute Gasteiger partial charge is 0.383 e. The molecule has 5 heteroatoms. The average Bonchev–Trinajstić information content (AvgIpc) is 3.15. The second-order valence-corrected chi connectivity index (χ2v) is 12.8. The van der Waals surface area contributed by atoms with E-state index in [0.717, 1.165) is 51.8 Å². The fraction of sp³-hybridized carbons (Fsp3) is 0.548. The molecular weight excluding hydrogens is 448 g/mol. The Kier molecular flexibility index (Phi) is 6.06. The molecule has 0 unspecified atom stereocenters. The Bertz CT molecular complexity index is 1250. The van der Waals surface area contributed by atoms with E-state index in [1.54, 1.807) is 7.11 Å². The van der Waals surface area contributed by atoms with E-state index < -0.39 is 0 Å². The average molecular weight is 489 g/mol. The SMILES string of the molecule is COCCN1C2=C(C(=O)CC(C)(C)C2)C(c2cn(C(C)C)c3ccccc23)C2=C1CC(C)(C)CC2=O. The molecule has 0 saturated carbocycles. The van der Waals surface area contributed by atoms with Gasteiger partial charge in [-0.15, -0.1) is 0 Å². The summed E-state index contributed by atoms with van der Waals surface area (Å²) in [6, 6.07) is 8.70. The Morgan fingerprint density at radius 1 is 0.917 bits per heavy atom. The molecule has 0 fully saturated rings. The molecule has 1 aromatic heterocycles. The summed E-state index contributed by atoms with van der Waals surface area (Å²) in [5, 5.41) is 1.13. The molecule has 0 amide bonds. The van der Waals surface area contributed by atoms with E-state index in [-0.39, 0.29) is 34.4 Å². The number of aromatic nitrogens is 1. The molecule has 0 atom stereocenters. The molecule has 2 aliphatic carbocycles. The van der Waals surface area contributed by atoms with Crippen LogP contribution in [0.5, 0.6) is 0 Å². The van der Waals surface area contributed by atoms with Crippen LogP contribution in [0.25, 0.3) is 10.9 Å². The quantitative estimate of drug-likeness (QED) is 0.479. The van der Waals surface area contributed by atoms with Crippen LogP contribution in [-0.4, -0.2) is 41.3 Å². The van der Waals surface area contributed by atoms with Gasteiger partial charge in [-0.1, -0.05) is 45.9 Å². The maximum absolute atomic E-state index is 14.0. The molecule has 0 saturated heterocycles. The molecule has 3 aliphatic rings. The van der Waals surface area contributed by atoms with Crippen molar-refractivity contribution < 1.29 is 14.3 Å². The third-order valence-corrected chi connectivity index (χ3v) is 8.18. The fourth-order valence-electron chi connectivity index (χ4n) is 6.70. The van der Waals surface area contributed by atoms with Crippen molar-refractivity contribution in [1.82, 2.24) is 9.47 Å². The van der Waals surface area contributed by atoms with Gasteiger partial charge in [-0.3, -0.25) is 9.59 Å². The number of rotatable bonds is 5. The monoisotopic (exact) mass is 488 g/mol. The lowest BCUT2D eigenvalue weighted by atomic mass is 9.63. The van der Waals surface area contributed by atoms with Gasteiger partial charge in [0, 0.05) is 78.1 Å².